The van der Waals surface area contributed by atoms with Gasteiger partial charge in [-0.05, 0) is 18.3 Å². The van der Waals surface area contributed by atoms with E-state index in [-0.39, 0.29) is 0 Å². The summed E-state index contributed by atoms with van der Waals surface area (Å²) in [5, 5.41) is 11.1. The lowest BCUT2D eigenvalue weighted by atomic mass is 10.2. The maximum absolute atomic E-state index is 5.95. The van der Waals surface area contributed by atoms with Crippen molar-refractivity contribution in [1.29, 1.82) is 0 Å². The second-order valence-electron chi connectivity index (χ2n) is 2.77. The summed E-state index contributed by atoms with van der Waals surface area (Å²) in [5.41, 5.74) is 0.835. The summed E-state index contributed by atoms with van der Waals surface area (Å²) in [6.07, 6.45) is 3.13. The number of hydrogen-bond acceptors (Lipinski definition) is 3. The van der Waals surface area contributed by atoms with Crippen LogP contribution in [0.2, 0.25) is 5.02 Å². The van der Waals surface area contributed by atoms with E-state index < -0.39 is 0 Å². The zero-order valence-electron chi connectivity index (χ0n) is 7.59. The molecule has 76 valence electrons. The summed E-state index contributed by atoms with van der Waals surface area (Å²) in [5.74, 6) is 0. The quantitative estimate of drug-likeness (QED) is 0.645. The predicted octanol–water partition coefficient (Wildman–Crippen LogP) is 2.48. The first-order valence-corrected chi connectivity index (χ1v) is 4.97. The van der Waals surface area contributed by atoms with Crippen LogP contribution in [-0.4, -0.2) is 21.1 Å². The number of nitrogens with zero attached hydrogens (tertiary/aromatic N) is 3. The number of aromatic nitrogens is 3. The Morgan fingerprint density at radius 1 is 1.47 bits per heavy atom. The van der Waals surface area contributed by atoms with Crippen LogP contribution in [0.1, 0.15) is 5.56 Å². The fourth-order valence-corrected chi connectivity index (χ4v) is 1.36. The van der Waals surface area contributed by atoms with E-state index in [1.54, 1.807) is 12.3 Å². The van der Waals surface area contributed by atoms with Crippen molar-refractivity contribution in [2.24, 2.45) is 5.10 Å². The van der Waals surface area contributed by atoms with E-state index in [0.29, 0.717) is 9.79 Å². The molecule has 1 aromatic heterocycles. The first kappa shape index (κ1) is 10.1. The molecule has 1 aromatic carbocycles. The van der Waals surface area contributed by atoms with E-state index in [0.717, 1.165) is 5.56 Å². The molecule has 0 amide bonds. The van der Waals surface area contributed by atoms with Crippen LogP contribution < -0.4 is 0 Å². The summed E-state index contributed by atoms with van der Waals surface area (Å²) in [7, 11) is 0. The average molecular weight is 239 g/mol. The largest absolute Gasteiger partial charge is 0.250 e. The molecule has 15 heavy (non-hydrogen) atoms. The highest BCUT2D eigenvalue weighted by atomic mass is 35.5. The third kappa shape index (κ3) is 2.31. The number of hydrogen-bond donors (Lipinski definition) is 1. The lowest BCUT2D eigenvalue weighted by Gasteiger charge is -1.95. The molecule has 0 saturated heterocycles. The van der Waals surface area contributed by atoms with Crippen molar-refractivity contribution < 1.29 is 0 Å². The molecule has 0 fully saturated rings. The molecule has 2 aromatic rings. The monoisotopic (exact) mass is 238 g/mol. The van der Waals surface area contributed by atoms with E-state index in [1.165, 1.54) is 11.0 Å². The molecule has 1 heterocycles. The summed E-state index contributed by atoms with van der Waals surface area (Å²) < 4.78 is 1.90. The summed E-state index contributed by atoms with van der Waals surface area (Å²) in [6, 6.07) is 7.43. The molecule has 0 saturated carbocycles. The normalized spacial score (nSPS) is 11.0. The minimum absolute atomic E-state index is 0.443. The molecule has 0 atom stereocenters. The number of aromatic amines is 1. The van der Waals surface area contributed by atoms with Crippen molar-refractivity contribution in [3.63, 3.8) is 0 Å². The van der Waals surface area contributed by atoms with Crippen LogP contribution in [0.15, 0.2) is 35.7 Å². The van der Waals surface area contributed by atoms with Gasteiger partial charge < -0.3 is 0 Å². The number of benzene rings is 1. The predicted molar refractivity (Wildman–Crippen MR) is 61.9 cm³/mol. The van der Waals surface area contributed by atoms with Crippen LogP contribution in [0.4, 0.5) is 0 Å². The van der Waals surface area contributed by atoms with Gasteiger partial charge in [0.2, 0.25) is 4.77 Å². The Kier molecular flexibility index (Phi) is 2.94. The maximum Gasteiger partial charge on any atom is 0.216 e. The fourth-order valence-electron chi connectivity index (χ4n) is 1.03. The number of H-pyrrole nitrogens is 1. The highest BCUT2D eigenvalue weighted by Crippen LogP contribution is 2.12. The van der Waals surface area contributed by atoms with E-state index in [1.807, 2.05) is 18.2 Å². The Labute approximate surface area is 96.2 Å². The van der Waals surface area contributed by atoms with Gasteiger partial charge in [-0.15, -0.1) is 0 Å². The molecule has 0 aliphatic carbocycles. The van der Waals surface area contributed by atoms with E-state index in [9.17, 15) is 0 Å². The van der Waals surface area contributed by atoms with Gasteiger partial charge in [0.25, 0.3) is 0 Å². The highest BCUT2D eigenvalue weighted by Gasteiger charge is 1.94. The van der Waals surface area contributed by atoms with Gasteiger partial charge in [-0.3, -0.25) is 5.10 Å². The maximum atomic E-state index is 5.95. The topological polar surface area (TPSA) is 46.0 Å². The third-order valence-electron chi connectivity index (χ3n) is 1.76. The Morgan fingerprint density at radius 2 is 2.27 bits per heavy atom. The van der Waals surface area contributed by atoms with Crippen molar-refractivity contribution in [3.8, 4) is 0 Å². The van der Waals surface area contributed by atoms with Crippen LogP contribution in [0.5, 0.6) is 0 Å². The molecule has 6 heteroatoms. The molecular formula is C9H7ClN4S. The lowest BCUT2D eigenvalue weighted by molar-refractivity contribution is 0.863. The van der Waals surface area contributed by atoms with E-state index in [2.05, 4.69) is 15.3 Å². The van der Waals surface area contributed by atoms with Crippen LogP contribution >= 0.6 is 23.8 Å². The second-order valence-corrected chi connectivity index (χ2v) is 3.57. The zero-order valence-corrected chi connectivity index (χ0v) is 9.16. The molecule has 4 nitrogen and oxygen atoms in total. The van der Waals surface area contributed by atoms with Crippen LogP contribution in [0, 0.1) is 4.77 Å². The van der Waals surface area contributed by atoms with Gasteiger partial charge >= 0.3 is 0 Å². The summed E-state index contributed by atoms with van der Waals surface area (Å²) >= 11 is 10.9. The first-order valence-electron chi connectivity index (χ1n) is 4.18. The average Bonchev–Trinajstić information content (AvgIpc) is 2.63. The van der Waals surface area contributed by atoms with Crippen LogP contribution in [0.25, 0.3) is 0 Å². The van der Waals surface area contributed by atoms with E-state index >= 15 is 0 Å². The number of halogens is 1. The molecule has 0 aliphatic rings. The second kappa shape index (κ2) is 4.37. The highest BCUT2D eigenvalue weighted by molar-refractivity contribution is 7.71. The molecule has 0 radical (unpaired) electrons. The standard InChI is InChI=1S/C9H7ClN4S/c10-8-4-2-1-3-7(8)5-12-14-6-11-13-9(14)15/h1-6H,(H,13,15)/b12-5+. The zero-order chi connectivity index (χ0) is 10.7. The SMILES string of the molecule is S=c1[nH]ncn1/N=C/c1ccccc1Cl. The van der Waals surface area contributed by atoms with Gasteiger partial charge in [0.15, 0.2) is 0 Å². The van der Waals surface area contributed by atoms with Crippen molar-refractivity contribution in [1.82, 2.24) is 14.9 Å². The smallest absolute Gasteiger partial charge is 0.216 e. The molecular weight excluding hydrogens is 232 g/mol. The summed E-state index contributed by atoms with van der Waals surface area (Å²) in [4.78, 5) is 0. The molecule has 0 bridgehead atoms. The number of rotatable bonds is 2. The van der Waals surface area contributed by atoms with Gasteiger partial charge in [0.05, 0.1) is 6.21 Å². The first-order chi connectivity index (χ1) is 7.27. The van der Waals surface area contributed by atoms with Gasteiger partial charge in [-0.25, -0.2) is 0 Å². The Morgan fingerprint density at radius 3 is 2.93 bits per heavy atom. The number of nitrogens with one attached hydrogen (secondary N) is 1. The minimum Gasteiger partial charge on any atom is -0.250 e. The van der Waals surface area contributed by atoms with Gasteiger partial charge in [-0.1, -0.05) is 29.8 Å². The molecule has 2 rings (SSSR count). The van der Waals surface area contributed by atoms with Gasteiger partial charge in [0, 0.05) is 10.6 Å². The molecule has 1 N–H and O–H groups in total. The Balaban J connectivity index is 2.30. The molecule has 0 spiro atoms. The molecule has 0 aliphatic heterocycles. The van der Waals surface area contributed by atoms with Crippen LogP contribution in [-0.2, 0) is 0 Å². The third-order valence-corrected chi connectivity index (χ3v) is 2.38. The van der Waals surface area contributed by atoms with Crippen molar-refractivity contribution in [2.75, 3.05) is 0 Å². The van der Waals surface area contributed by atoms with E-state index in [4.69, 9.17) is 23.8 Å². The van der Waals surface area contributed by atoms with Gasteiger partial charge in [-0.2, -0.15) is 14.9 Å². The lowest BCUT2D eigenvalue weighted by Crippen LogP contribution is -1.89. The van der Waals surface area contributed by atoms with Crippen LogP contribution in [0.3, 0.4) is 0 Å². The fraction of sp³-hybridized carbons (Fsp3) is 0. The minimum atomic E-state index is 0.443. The molecule has 0 unspecified atom stereocenters. The summed E-state index contributed by atoms with van der Waals surface area (Å²) in [6.45, 7) is 0. The van der Waals surface area contributed by atoms with Gasteiger partial charge in [0.1, 0.15) is 6.33 Å². The Bertz CT molecular complexity index is 543. The van der Waals surface area contributed by atoms with Crippen molar-refractivity contribution >= 4 is 30.0 Å². The van der Waals surface area contributed by atoms with Crippen molar-refractivity contribution in [2.45, 2.75) is 0 Å². The van der Waals surface area contributed by atoms with Crippen molar-refractivity contribution in [3.05, 3.63) is 45.9 Å². The Hall–Kier alpha value is -1.46.